The predicted octanol–water partition coefficient (Wildman–Crippen LogP) is 5.15. The van der Waals surface area contributed by atoms with Gasteiger partial charge in [-0.2, -0.15) is 0 Å². The van der Waals surface area contributed by atoms with E-state index in [-0.39, 0.29) is 5.56 Å². The minimum atomic E-state index is 0.0955. The van der Waals surface area contributed by atoms with Gasteiger partial charge in [0.2, 0.25) is 0 Å². The molecule has 0 spiro atoms. The number of likely N-dealkylation sites (N-methyl/N-ethyl adjacent to an activating group) is 1. The molecule has 0 atom stereocenters. The molecule has 28 heavy (non-hydrogen) atoms. The van der Waals surface area contributed by atoms with Gasteiger partial charge >= 0.3 is 0 Å². The van der Waals surface area contributed by atoms with Crippen molar-refractivity contribution in [1.29, 1.82) is 0 Å². The summed E-state index contributed by atoms with van der Waals surface area (Å²) < 4.78 is 1.89. The second kappa shape index (κ2) is 9.01. The van der Waals surface area contributed by atoms with E-state index in [1.54, 1.807) is 11.3 Å². The van der Waals surface area contributed by atoms with Crippen molar-refractivity contribution in [2.45, 2.75) is 53.5 Å². The molecule has 0 aliphatic rings. The molecule has 0 N–H and O–H groups in total. The van der Waals surface area contributed by atoms with Crippen LogP contribution in [0.1, 0.15) is 51.9 Å². The number of hydrogen-bond donors (Lipinski definition) is 0. The first-order chi connectivity index (χ1) is 13.5. The van der Waals surface area contributed by atoms with Crippen molar-refractivity contribution in [2.75, 3.05) is 19.6 Å². The van der Waals surface area contributed by atoms with E-state index in [1.807, 2.05) is 4.57 Å². The molecule has 2 heterocycles. The quantitative estimate of drug-likeness (QED) is 0.527. The minimum absolute atomic E-state index is 0.0955. The number of aryl methyl sites for hydroxylation is 1. The molecule has 0 radical (unpaired) electrons. The number of hydrogen-bond acceptors (Lipinski definition) is 4. The van der Waals surface area contributed by atoms with E-state index in [1.165, 1.54) is 5.56 Å². The smallest absolute Gasteiger partial charge is 0.262 e. The number of rotatable bonds is 8. The number of aromatic nitrogens is 2. The van der Waals surface area contributed by atoms with E-state index in [2.05, 4.69) is 69.2 Å². The molecule has 0 bridgehead atoms. The maximum absolute atomic E-state index is 13.4. The summed E-state index contributed by atoms with van der Waals surface area (Å²) >= 11 is 1.57. The molecule has 0 amide bonds. The lowest BCUT2D eigenvalue weighted by Crippen LogP contribution is -2.33. The van der Waals surface area contributed by atoms with Crippen LogP contribution in [0, 0.1) is 0 Å². The highest BCUT2D eigenvalue weighted by Gasteiger charge is 2.17. The van der Waals surface area contributed by atoms with Gasteiger partial charge in [-0.3, -0.25) is 9.36 Å². The molecular formula is C23H31N3OS. The van der Waals surface area contributed by atoms with Crippen LogP contribution >= 0.6 is 11.3 Å². The maximum atomic E-state index is 13.4. The molecule has 0 saturated heterocycles. The van der Waals surface area contributed by atoms with Crippen molar-refractivity contribution in [3.05, 3.63) is 51.4 Å². The Bertz CT molecular complexity index is 981. The average Bonchev–Trinajstić information content (AvgIpc) is 3.14. The van der Waals surface area contributed by atoms with E-state index in [9.17, 15) is 4.79 Å². The molecule has 0 unspecified atom stereocenters. The van der Waals surface area contributed by atoms with Crippen molar-refractivity contribution in [2.24, 2.45) is 0 Å². The number of fused-ring (bicyclic) bond motifs is 1. The van der Waals surface area contributed by atoms with Gasteiger partial charge in [0.1, 0.15) is 10.7 Å². The second-order valence-corrected chi connectivity index (χ2v) is 8.33. The van der Waals surface area contributed by atoms with Crippen LogP contribution in [0.25, 0.3) is 21.3 Å². The maximum Gasteiger partial charge on any atom is 0.262 e. The Hall–Kier alpha value is -1.98. The van der Waals surface area contributed by atoms with Gasteiger partial charge in [-0.1, -0.05) is 58.9 Å². The van der Waals surface area contributed by atoms with Crippen LogP contribution < -0.4 is 5.56 Å². The van der Waals surface area contributed by atoms with Gasteiger partial charge in [0.05, 0.1) is 5.39 Å². The molecule has 4 nitrogen and oxygen atoms in total. The molecule has 0 fully saturated rings. The molecule has 0 saturated carbocycles. The number of nitrogens with zero attached hydrogens (tertiary/aromatic N) is 3. The van der Waals surface area contributed by atoms with Gasteiger partial charge in [0.25, 0.3) is 5.56 Å². The number of thiophene rings is 1. The van der Waals surface area contributed by atoms with Crippen LogP contribution in [0.4, 0.5) is 0 Å². The van der Waals surface area contributed by atoms with Crippen molar-refractivity contribution in [1.82, 2.24) is 14.5 Å². The van der Waals surface area contributed by atoms with Crippen LogP contribution in [0.3, 0.4) is 0 Å². The fourth-order valence-electron chi connectivity index (χ4n) is 3.61. The Morgan fingerprint density at radius 3 is 2.36 bits per heavy atom. The van der Waals surface area contributed by atoms with Crippen LogP contribution in [-0.2, 0) is 13.0 Å². The topological polar surface area (TPSA) is 38.1 Å². The van der Waals surface area contributed by atoms with Crippen LogP contribution in [0.2, 0.25) is 0 Å². The fourth-order valence-corrected chi connectivity index (χ4v) is 4.56. The van der Waals surface area contributed by atoms with Gasteiger partial charge in [0, 0.05) is 30.5 Å². The molecular weight excluding hydrogens is 366 g/mol. The fraction of sp³-hybridized carbons (Fsp3) is 0.478. The molecule has 150 valence electrons. The SMILES string of the molecule is CCc1nc2scc(-c3ccc(C(C)C)cc3)c2c(=O)n1CCN(CC)CC. The van der Waals surface area contributed by atoms with Gasteiger partial charge in [-0.25, -0.2) is 4.98 Å². The Morgan fingerprint density at radius 1 is 1.11 bits per heavy atom. The summed E-state index contributed by atoms with van der Waals surface area (Å²) in [7, 11) is 0. The molecule has 1 aromatic carbocycles. The molecule has 0 aliphatic carbocycles. The van der Waals surface area contributed by atoms with Crippen molar-refractivity contribution < 1.29 is 0 Å². The minimum Gasteiger partial charge on any atom is -0.302 e. The van der Waals surface area contributed by atoms with E-state index < -0.39 is 0 Å². The summed E-state index contributed by atoms with van der Waals surface area (Å²) in [5, 5.41) is 2.84. The first-order valence-corrected chi connectivity index (χ1v) is 11.2. The summed E-state index contributed by atoms with van der Waals surface area (Å²) in [5.74, 6) is 1.38. The molecule has 3 aromatic rings. The van der Waals surface area contributed by atoms with Crippen molar-refractivity contribution in [3.8, 4) is 11.1 Å². The highest BCUT2D eigenvalue weighted by Crippen LogP contribution is 2.32. The first kappa shape index (κ1) is 20.7. The highest BCUT2D eigenvalue weighted by atomic mass is 32.1. The van der Waals surface area contributed by atoms with Crippen LogP contribution in [0.5, 0.6) is 0 Å². The third-order valence-corrected chi connectivity index (χ3v) is 6.38. The largest absolute Gasteiger partial charge is 0.302 e. The lowest BCUT2D eigenvalue weighted by atomic mass is 9.99. The average molecular weight is 398 g/mol. The Labute approximate surface area is 171 Å². The molecule has 0 aliphatic heterocycles. The molecule has 5 heteroatoms. The zero-order chi connectivity index (χ0) is 20.3. The van der Waals surface area contributed by atoms with Gasteiger partial charge < -0.3 is 4.90 Å². The predicted molar refractivity (Wildman–Crippen MR) is 121 cm³/mol. The summed E-state index contributed by atoms with van der Waals surface area (Å²) in [4.78, 5) is 21.5. The van der Waals surface area contributed by atoms with E-state index in [0.29, 0.717) is 12.5 Å². The Balaban J connectivity index is 2.06. The van der Waals surface area contributed by atoms with Crippen molar-refractivity contribution >= 4 is 21.6 Å². The summed E-state index contributed by atoms with van der Waals surface area (Å²) in [5.41, 5.74) is 3.51. The van der Waals surface area contributed by atoms with Gasteiger partial charge in [0.15, 0.2) is 0 Å². The zero-order valence-electron chi connectivity index (χ0n) is 17.7. The molecule has 3 rings (SSSR count). The monoisotopic (exact) mass is 397 g/mol. The third-order valence-electron chi connectivity index (χ3n) is 5.51. The molecule has 2 aromatic heterocycles. The lowest BCUT2D eigenvalue weighted by Gasteiger charge is -2.20. The van der Waals surface area contributed by atoms with Gasteiger partial charge in [-0.15, -0.1) is 11.3 Å². The van der Waals surface area contributed by atoms with Crippen molar-refractivity contribution in [3.63, 3.8) is 0 Å². The second-order valence-electron chi connectivity index (χ2n) is 7.47. The van der Waals surface area contributed by atoms with Crippen LogP contribution in [-0.4, -0.2) is 34.1 Å². The third kappa shape index (κ3) is 4.06. The summed E-state index contributed by atoms with van der Waals surface area (Å²) in [6.07, 6.45) is 0.764. The Morgan fingerprint density at radius 2 is 1.79 bits per heavy atom. The van der Waals surface area contributed by atoms with Gasteiger partial charge in [-0.05, 0) is 30.1 Å². The Kier molecular flexibility index (Phi) is 6.68. The zero-order valence-corrected chi connectivity index (χ0v) is 18.5. The summed E-state index contributed by atoms with van der Waals surface area (Å²) in [6, 6.07) is 8.58. The summed E-state index contributed by atoms with van der Waals surface area (Å²) in [6.45, 7) is 14.3. The number of benzene rings is 1. The standard InChI is InChI=1S/C23H31N3OS/c1-6-20-24-22-21(23(27)26(20)14-13-25(7-2)8-3)19(15-28-22)18-11-9-17(10-12-18)16(4)5/h9-12,15-16H,6-8,13-14H2,1-5H3. The van der Waals surface area contributed by atoms with E-state index >= 15 is 0 Å². The highest BCUT2D eigenvalue weighted by molar-refractivity contribution is 7.17. The van der Waals surface area contributed by atoms with E-state index in [4.69, 9.17) is 4.98 Å². The normalized spacial score (nSPS) is 11.8. The van der Waals surface area contributed by atoms with Crippen LogP contribution in [0.15, 0.2) is 34.4 Å². The van der Waals surface area contributed by atoms with E-state index in [0.717, 1.165) is 53.2 Å². The lowest BCUT2D eigenvalue weighted by molar-refractivity contribution is 0.287. The first-order valence-electron chi connectivity index (χ1n) is 10.3.